The van der Waals surface area contributed by atoms with Gasteiger partial charge >= 0.3 is 13.8 Å². The first-order valence-electron chi connectivity index (χ1n) is 27.0. The first kappa shape index (κ1) is 63.2. The van der Waals surface area contributed by atoms with Gasteiger partial charge in [-0.2, -0.15) is 0 Å². The maximum absolute atomic E-state index is 12.8. The van der Waals surface area contributed by atoms with Gasteiger partial charge in [0.1, 0.15) is 19.3 Å². The van der Waals surface area contributed by atoms with Gasteiger partial charge < -0.3 is 18.9 Å². The standard InChI is InChI=1S/C56H104NO7P/c1-6-8-10-12-14-16-18-20-22-24-26-28-30-32-34-36-38-40-42-44-46-48-51-61-53-55(54-63-65(59,60)62-52-50-57(3,4)5)64-56(58)49-47-45-43-41-39-37-35-33-31-29-27-25-23-21-19-17-15-13-11-9-7-2/h9,11,15,17,21,23-24,26-27,29,55H,6-8,10,12-14,16,18-20,22,25,28,30-54H2,1-5H3/p+1/b11-9-,17-15-,23-21-,26-24-,29-27-. The number of ether oxygens (including phenoxy) is 2. The van der Waals surface area contributed by atoms with Crippen molar-refractivity contribution >= 4 is 13.8 Å². The molecule has 0 aliphatic carbocycles. The Hall–Kier alpha value is -1.80. The summed E-state index contributed by atoms with van der Waals surface area (Å²) in [5, 5.41) is 0. The second-order valence-electron chi connectivity index (χ2n) is 19.2. The summed E-state index contributed by atoms with van der Waals surface area (Å²) >= 11 is 0. The zero-order valence-corrected chi connectivity index (χ0v) is 44.1. The predicted octanol–water partition coefficient (Wildman–Crippen LogP) is 16.8. The van der Waals surface area contributed by atoms with E-state index in [1.807, 2.05) is 21.1 Å². The van der Waals surface area contributed by atoms with Crippen LogP contribution in [-0.2, 0) is 27.9 Å². The van der Waals surface area contributed by atoms with Crippen LogP contribution in [0.5, 0.6) is 0 Å². The Balaban J connectivity index is 4.13. The van der Waals surface area contributed by atoms with E-state index in [-0.39, 0.29) is 25.8 Å². The highest BCUT2D eigenvalue weighted by atomic mass is 31.2. The van der Waals surface area contributed by atoms with Crippen LogP contribution in [0.25, 0.3) is 0 Å². The van der Waals surface area contributed by atoms with E-state index in [0.717, 1.165) is 64.2 Å². The van der Waals surface area contributed by atoms with Gasteiger partial charge in [0.15, 0.2) is 0 Å². The van der Waals surface area contributed by atoms with E-state index >= 15 is 0 Å². The van der Waals surface area contributed by atoms with Crippen LogP contribution in [0.1, 0.15) is 232 Å². The number of phosphoric acid groups is 1. The normalized spacial score (nSPS) is 14.0. The van der Waals surface area contributed by atoms with E-state index < -0.39 is 13.9 Å². The summed E-state index contributed by atoms with van der Waals surface area (Å²) in [5.74, 6) is -0.321. The van der Waals surface area contributed by atoms with Gasteiger partial charge in [-0.1, -0.05) is 209 Å². The summed E-state index contributed by atoms with van der Waals surface area (Å²) in [6.07, 6.45) is 62.7. The molecule has 380 valence electrons. The monoisotopic (exact) mass is 935 g/mol. The van der Waals surface area contributed by atoms with Crippen molar-refractivity contribution < 1.29 is 37.3 Å². The highest BCUT2D eigenvalue weighted by molar-refractivity contribution is 7.47. The number of hydrogen-bond acceptors (Lipinski definition) is 6. The molecule has 8 nitrogen and oxygen atoms in total. The molecule has 1 N–H and O–H groups in total. The molecule has 0 amide bonds. The average molecular weight is 935 g/mol. The predicted molar refractivity (Wildman–Crippen MR) is 279 cm³/mol. The number of rotatable bonds is 50. The van der Waals surface area contributed by atoms with Crippen molar-refractivity contribution in [3.63, 3.8) is 0 Å². The van der Waals surface area contributed by atoms with Crippen LogP contribution in [-0.4, -0.2) is 75.6 Å². The van der Waals surface area contributed by atoms with Gasteiger partial charge in [-0.25, -0.2) is 4.57 Å². The Morgan fingerprint density at radius 1 is 0.492 bits per heavy atom. The van der Waals surface area contributed by atoms with Crippen LogP contribution in [0, 0.1) is 0 Å². The summed E-state index contributed by atoms with van der Waals surface area (Å²) in [6, 6.07) is 0. The van der Waals surface area contributed by atoms with Crippen LogP contribution in [0.3, 0.4) is 0 Å². The molecule has 0 spiro atoms. The SMILES string of the molecule is CC/C=C\C/C=C\C/C=C\C/C=C\CCCCCCCCCCC(=O)OC(COCCCCCCCCCCCC/C=C\CCCCCCCCCC)COP(=O)(O)OCC[N+](C)(C)C. The van der Waals surface area contributed by atoms with Crippen LogP contribution >= 0.6 is 7.82 Å². The molecule has 0 bridgehead atoms. The lowest BCUT2D eigenvalue weighted by molar-refractivity contribution is -0.870. The Morgan fingerprint density at radius 2 is 0.892 bits per heavy atom. The lowest BCUT2D eigenvalue weighted by Crippen LogP contribution is -2.37. The first-order chi connectivity index (χ1) is 31.6. The highest BCUT2D eigenvalue weighted by Crippen LogP contribution is 2.43. The molecule has 0 aromatic rings. The van der Waals surface area contributed by atoms with Crippen molar-refractivity contribution in [1.29, 1.82) is 0 Å². The molecule has 9 heteroatoms. The molecule has 0 aliphatic rings. The van der Waals surface area contributed by atoms with Crippen LogP contribution in [0.4, 0.5) is 0 Å². The number of allylic oxidation sites excluding steroid dienone is 10. The molecule has 0 aliphatic heterocycles. The van der Waals surface area contributed by atoms with Crippen LogP contribution < -0.4 is 0 Å². The summed E-state index contributed by atoms with van der Waals surface area (Å²) in [5.41, 5.74) is 0. The summed E-state index contributed by atoms with van der Waals surface area (Å²) in [4.78, 5) is 23.0. The number of carbonyl (C=O) groups excluding carboxylic acids is 1. The second-order valence-corrected chi connectivity index (χ2v) is 20.7. The number of unbranched alkanes of at least 4 members (excludes halogenated alkanes) is 26. The van der Waals surface area contributed by atoms with Gasteiger partial charge in [0, 0.05) is 13.0 Å². The number of phosphoric ester groups is 1. The van der Waals surface area contributed by atoms with Crippen LogP contribution in [0.15, 0.2) is 60.8 Å². The zero-order valence-electron chi connectivity index (χ0n) is 43.2. The fourth-order valence-electron chi connectivity index (χ4n) is 7.42. The fraction of sp³-hybridized carbons (Fsp3) is 0.804. The van der Waals surface area contributed by atoms with Gasteiger partial charge in [-0.15, -0.1) is 0 Å². The Morgan fingerprint density at radius 3 is 1.35 bits per heavy atom. The number of quaternary nitrogens is 1. The Labute approximate surface area is 402 Å². The lowest BCUT2D eigenvalue weighted by Gasteiger charge is -2.24. The van der Waals surface area contributed by atoms with Gasteiger partial charge in [-0.05, 0) is 77.0 Å². The van der Waals surface area contributed by atoms with E-state index in [1.165, 1.54) is 148 Å². The third-order valence-electron chi connectivity index (χ3n) is 11.6. The zero-order chi connectivity index (χ0) is 47.6. The number of esters is 1. The summed E-state index contributed by atoms with van der Waals surface area (Å²) in [7, 11) is 1.66. The van der Waals surface area contributed by atoms with E-state index in [2.05, 4.69) is 74.6 Å². The minimum absolute atomic E-state index is 0.0849. The third-order valence-corrected chi connectivity index (χ3v) is 12.5. The minimum Gasteiger partial charge on any atom is -0.457 e. The molecule has 0 aromatic heterocycles. The van der Waals surface area contributed by atoms with E-state index in [1.54, 1.807) is 0 Å². The molecular weight excluding hydrogens is 830 g/mol. The van der Waals surface area contributed by atoms with E-state index in [0.29, 0.717) is 24.1 Å². The molecule has 0 heterocycles. The molecule has 0 radical (unpaired) electrons. The molecule has 0 saturated carbocycles. The van der Waals surface area contributed by atoms with Gasteiger partial charge in [0.25, 0.3) is 0 Å². The molecule has 2 atom stereocenters. The second kappa shape index (κ2) is 48.6. The molecule has 0 fully saturated rings. The first-order valence-corrected chi connectivity index (χ1v) is 28.5. The topological polar surface area (TPSA) is 91.3 Å². The number of carbonyl (C=O) groups is 1. The lowest BCUT2D eigenvalue weighted by atomic mass is 10.1. The van der Waals surface area contributed by atoms with Crippen molar-refractivity contribution in [1.82, 2.24) is 0 Å². The molecule has 2 unspecified atom stereocenters. The number of nitrogens with zero attached hydrogens (tertiary/aromatic N) is 1. The number of hydrogen-bond donors (Lipinski definition) is 1. The summed E-state index contributed by atoms with van der Waals surface area (Å²) < 4.78 is 35.2. The molecular formula is C56H105NO7P+. The molecule has 0 aromatic carbocycles. The summed E-state index contributed by atoms with van der Waals surface area (Å²) in [6.45, 7) is 5.52. The maximum atomic E-state index is 12.8. The average Bonchev–Trinajstić information content (AvgIpc) is 3.27. The van der Waals surface area contributed by atoms with Crippen LogP contribution in [0.2, 0.25) is 0 Å². The maximum Gasteiger partial charge on any atom is 0.472 e. The minimum atomic E-state index is -4.29. The van der Waals surface area contributed by atoms with Crippen molar-refractivity contribution in [2.75, 3.05) is 54.1 Å². The molecule has 0 rings (SSSR count). The van der Waals surface area contributed by atoms with Crippen molar-refractivity contribution in [3.8, 4) is 0 Å². The van der Waals surface area contributed by atoms with Gasteiger partial charge in [0.2, 0.25) is 0 Å². The van der Waals surface area contributed by atoms with Crippen molar-refractivity contribution in [2.45, 2.75) is 238 Å². The fourth-order valence-corrected chi connectivity index (χ4v) is 8.16. The largest absolute Gasteiger partial charge is 0.472 e. The smallest absolute Gasteiger partial charge is 0.457 e. The molecule has 0 saturated heterocycles. The molecule has 65 heavy (non-hydrogen) atoms. The van der Waals surface area contributed by atoms with E-state index in [4.69, 9.17) is 18.5 Å². The Kier molecular flexibility index (Phi) is 47.3. The van der Waals surface area contributed by atoms with Gasteiger partial charge in [-0.3, -0.25) is 13.8 Å². The van der Waals surface area contributed by atoms with Crippen molar-refractivity contribution in [3.05, 3.63) is 60.8 Å². The van der Waals surface area contributed by atoms with E-state index in [9.17, 15) is 14.3 Å². The van der Waals surface area contributed by atoms with Crippen molar-refractivity contribution in [2.24, 2.45) is 0 Å². The third kappa shape index (κ3) is 53.0. The quantitative estimate of drug-likeness (QED) is 0.0214. The van der Waals surface area contributed by atoms with Gasteiger partial charge in [0.05, 0.1) is 34.4 Å². The number of likely N-dealkylation sites (N-methyl/N-ethyl adjacent to an activating group) is 1. The highest BCUT2D eigenvalue weighted by Gasteiger charge is 2.26. The Bertz CT molecular complexity index is 1220.